The monoisotopic (exact) mass is 490 g/mol. The summed E-state index contributed by atoms with van der Waals surface area (Å²) in [5.74, 6) is -0.461. The van der Waals surface area contributed by atoms with E-state index in [1.807, 2.05) is 12.1 Å². The van der Waals surface area contributed by atoms with Gasteiger partial charge in [-0.2, -0.15) is 9.57 Å². The number of carbonyl (C=O) groups is 2. The zero-order valence-electron chi connectivity index (χ0n) is 16.8. The van der Waals surface area contributed by atoms with E-state index in [0.29, 0.717) is 10.7 Å². The number of nitriles is 1. The summed E-state index contributed by atoms with van der Waals surface area (Å²) < 4.78 is 27.2. The molecule has 1 unspecified atom stereocenters. The van der Waals surface area contributed by atoms with Crippen LogP contribution in [0, 0.1) is 11.3 Å². The Kier molecular flexibility index (Phi) is 6.44. The van der Waals surface area contributed by atoms with Crippen molar-refractivity contribution in [3.63, 3.8) is 0 Å². The van der Waals surface area contributed by atoms with Crippen LogP contribution in [0.2, 0.25) is 5.02 Å². The highest BCUT2D eigenvalue weighted by atomic mass is 35.5. The minimum Gasteiger partial charge on any atom is -0.340 e. The van der Waals surface area contributed by atoms with Crippen molar-refractivity contribution in [1.29, 1.82) is 5.26 Å². The number of benzene rings is 2. The van der Waals surface area contributed by atoms with Gasteiger partial charge in [0.1, 0.15) is 6.07 Å². The highest BCUT2D eigenvalue weighted by Crippen LogP contribution is 2.38. The summed E-state index contributed by atoms with van der Waals surface area (Å²) in [6.07, 6.45) is 0.0165. The zero-order chi connectivity index (χ0) is 22.9. The van der Waals surface area contributed by atoms with Crippen molar-refractivity contribution in [2.24, 2.45) is 0 Å². The second-order valence-corrected chi connectivity index (χ2v) is 10.9. The number of carbonyl (C=O) groups excluding carboxylic acids is 2. The number of piperazine rings is 1. The number of hydrogen-bond acceptors (Lipinski definition) is 6. The lowest BCUT2D eigenvalue weighted by Gasteiger charge is -2.35. The molecule has 8 nitrogen and oxygen atoms in total. The fraction of sp³-hybridized carbons (Fsp3) is 0.286. The van der Waals surface area contributed by atoms with Gasteiger partial charge in [0.15, 0.2) is 0 Å². The van der Waals surface area contributed by atoms with Crippen LogP contribution >= 0.6 is 23.4 Å². The Balaban J connectivity index is 1.38. The van der Waals surface area contributed by atoms with E-state index in [1.54, 1.807) is 29.2 Å². The van der Waals surface area contributed by atoms with Crippen LogP contribution in [0.4, 0.5) is 5.69 Å². The number of sulfonamides is 1. The molecule has 0 aromatic heterocycles. The van der Waals surface area contributed by atoms with E-state index in [1.165, 1.54) is 28.2 Å². The summed E-state index contributed by atoms with van der Waals surface area (Å²) in [7, 11) is -3.83. The number of halogens is 1. The van der Waals surface area contributed by atoms with E-state index in [9.17, 15) is 23.3 Å². The Morgan fingerprint density at radius 3 is 2.62 bits per heavy atom. The smallest absolute Gasteiger partial charge is 0.244 e. The van der Waals surface area contributed by atoms with Crippen molar-refractivity contribution < 1.29 is 18.0 Å². The summed E-state index contributed by atoms with van der Waals surface area (Å²) in [5.41, 5.74) is 0.723. The lowest BCUT2D eigenvalue weighted by Crippen LogP contribution is -2.51. The lowest BCUT2D eigenvalue weighted by atomic mass is 10.2. The summed E-state index contributed by atoms with van der Waals surface area (Å²) in [4.78, 5) is 27.6. The predicted molar refractivity (Wildman–Crippen MR) is 121 cm³/mol. The van der Waals surface area contributed by atoms with Gasteiger partial charge >= 0.3 is 0 Å². The number of amides is 2. The molecule has 0 saturated carbocycles. The maximum Gasteiger partial charge on any atom is 0.244 e. The van der Waals surface area contributed by atoms with Gasteiger partial charge in [-0.3, -0.25) is 9.59 Å². The average Bonchev–Trinajstić information content (AvgIpc) is 2.79. The van der Waals surface area contributed by atoms with E-state index in [-0.39, 0.29) is 54.9 Å². The quantitative estimate of drug-likeness (QED) is 0.705. The van der Waals surface area contributed by atoms with Gasteiger partial charge in [-0.05, 0) is 30.3 Å². The van der Waals surface area contributed by atoms with Crippen LogP contribution in [0.1, 0.15) is 12.0 Å². The molecule has 2 aliphatic heterocycles. The van der Waals surface area contributed by atoms with Crippen LogP contribution in [0.25, 0.3) is 0 Å². The van der Waals surface area contributed by atoms with Gasteiger partial charge < -0.3 is 10.2 Å². The molecule has 11 heteroatoms. The highest BCUT2D eigenvalue weighted by Gasteiger charge is 2.34. The molecule has 2 aromatic rings. The number of nitrogens with zero attached hydrogens (tertiary/aromatic N) is 3. The van der Waals surface area contributed by atoms with Gasteiger partial charge in [-0.1, -0.05) is 23.7 Å². The van der Waals surface area contributed by atoms with Crippen molar-refractivity contribution in [3.05, 3.63) is 53.1 Å². The van der Waals surface area contributed by atoms with Crippen LogP contribution in [-0.2, 0) is 19.6 Å². The Morgan fingerprint density at radius 2 is 1.91 bits per heavy atom. The van der Waals surface area contributed by atoms with E-state index in [4.69, 9.17) is 11.6 Å². The molecule has 1 N–H and O–H groups in total. The Labute approximate surface area is 195 Å². The fourth-order valence-corrected chi connectivity index (χ4v) is 6.46. The van der Waals surface area contributed by atoms with Crippen LogP contribution in [0.5, 0.6) is 0 Å². The third kappa shape index (κ3) is 4.47. The number of hydrogen-bond donors (Lipinski definition) is 1. The molecule has 4 rings (SSSR count). The molecule has 0 spiro atoms. The van der Waals surface area contributed by atoms with Crippen molar-refractivity contribution in [2.75, 3.05) is 31.5 Å². The van der Waals surface area contributed by atoms with Gasteiger partial charge in [0, 0.05) is 42.5 Å². The molecule has 166 valence electrons. The van der Waals surface area contributed by atoms with E-state index in [2.05, 4.69) is 5.32 Å². The van der Waals surface area contributed by atoms with Gasteiger partial charge in [0.05, 0.1) is 21.4 Å². The predicted octanol–water partition coefficient (Wildman–Crippen LogP) is 2.55. The standard InChI is InChI=1S/C21H19ClN4O4S2/c22-15-5-6-17-16(11-15)24-21(28)18(31-17)12-20(27)25-7-9-26(10-8-25)32(29,30)19-4-2-1-3-14(19)13-23/h1-6,11,18H,7-10,12H2,(H,24,28). The summed E-state index contributed by atoms with van der Waals surface area (Å²) in [5, 5.41) is 12.0. The third-order valence-electron chi connectivity index (χ3n) is 5.34. The average molecular weight is 491 g/mol. The van der Waals surface area contributed by atoms with E-state index >= 15 is 0 Å². The first kappa shape index (κ1) is 22.6. The number of anilines is 1. The molecule has 0 radical (unpaired) electrons. The molecule has 2 heterocycles. The van der Waals surface area contributed by atoms with Gasteiger partial charge in [0.2, 0.25) is 21.8 Å². The minimum atomic E-state index is -3.83. The van der Waals surface area contributed by atoms with Crippen LogP contribution in [-0.4, -0.2) is 60.9 Å². The number of thioether (sulfide) groups is 1. The molecule has 1 saturated heterocycles. The molecule has 1 atom stereocenters. The first-order valence-electron chi connectivity index (χ1n) is 9.84. The number of fused-ring (bicyclic) bond motifs is 1. The maximum atomic E-state index is 12.9. The highest BCUT2D eigenvalue weighted by molar-refractivity contribution is 8.01. The maximum absolute atomic E-state index is 12.9. The first-order chi connectivity index (χ1) is 15.3. The van der Waals surface area contributed by atoms with Gasteiger partial charge in [-0.15, -0.1) is 11.8 Å². The summed E-state index contributed by atoms with van der Waals surface area (Å²) >= 11 is 7.28. The molecule has 32 heavy (non-hydrogen) atoms. The van der Waals surface area contributed by atoms with Crippen molar-refractivity contribution >= 4 is 50.9 Å². The normalized spacial score (nSPS) is 19.1. The topological polar surface area (TPSA) is 111 Å². The second kappa shape index (κ2) is 9.11. The minimum absolute atomic E-state index is 0.0165. The van der Waals surface area contributed by atoms with Crippen LogP contribution < -0.4 is 5.32 Å². The lowest BCUT2D eigenvalue weighted by molar-refractivity contribution is -0.133. The summed E-state index contributed by atoms with van der Waals surface area (Å²) in [6, 6.07) is 13.2. The van der Waals surface area contributed by atoms with Crippen LogP contribution in [0.15, 0.2) is 52.3 Å². The van der Waals surface area contributed by atoms with Crippen LogP contribution in [0.3, 0.4) is 0 Å². The summed E-state index contributed by atoms with van der Waals surface area (Å²) in [6.45, 7) is 0.689. The molecular formula is C21H19ClN4O4S2. The van der Waals surface area contributed by atoms with Crippen molar-refractivity contribution in [2.45, 2.75) is 21.5 Å². The molecule has 2 amide bonds. The Morgan fingerprint density at radius 1 is 1.19 bits per heavy atom. The largest absolute Gasteiger partial charge is 0.340 e. The first-order valence-corrected chi connectivity index (χ1v) is 12.5. The second-order valence-electron chi connectivity index (χ2n) is 7.33. The van der Waals surface area contributed by atoms with Crippen molar-refractivity contribution in [3.8, 4) is 6.07 Å². The molecule has 2 aliphatic rings. The van der Waals surface area contributed by atoms with Gasteiger partial charge in [0.25, 0.3) is 0 Å². The fourth-order valence-electron chi connectivity index (χ4n) is 3.65. The van der Waals surface area contributed by atoms with Gasteiger partial charge in [-0.25, -0.2) is 8.42 Å². The molecule has 0 aliphatic carbocycles. The zero-order valence-corrected chi connectivity index (χ0v) is 19.2. The third-order valence-corrected chi connectivity index (χ3v) is 8.80. The van der Waals surface area contributed by atoms with Crippen molar-refractivity contribution in [1.82, 2.24) is 9.21 Å². The molecule has 2 aromatic carbocycles. The number of rotatable bonds is 4. The van der Waals surface area contributed by atoms with E-state index in [0.717, 1.165) is 4.90 Å². The molecule has 1 fully saturated rings. The molecule has 0 bridgehead atoms. The Bertz CT molecular complexity index is 1220. The SMILES string of the molecule is N#Cc1ccccc1S(=O)(=O)N1CCN(C(=O)CC2Sc3ccc(Cl)cc3NC2=O)CC1. The molecular weight excluding hydrogens is 472 g/mol. The number of nitrogens with one attached hydrogen (secondary N) is 1. The Hall–Kier alpha value is -2.58. The van der Waals surface area contributed by atoms with E-state index < -0.39 is 15.3 Å².